The zero-order valence-corrected chi connectivity index (χ0v) is 15.0. The number of carbonyl (C=O) groups is 1. The van der Waals surface area contributed by atoms with E-state index in [1.165, 1.54) is 31.4 Å². The van der Waals surface area contributed by atoms with E-state index >= 15 is 0 Å². The summed E-state index contributed by atoms with van der Waals surface area (Å²) in [6.45, 7) is -0.181. The first-order chi connectivity index (χ1) is 11.9. The number of rotatable bonds is 6. The summed E-state index contributed by atoms with van der Waals surface area (Å²) in [6, 6.07) is 14.6. The molecule has 0 bridgehead atoms. The molecule has 2 aromatic carbocycles. The highest BCUT2D eigenvalue weighted by Crippen LogP contribution is 2.64. The predicted octanol–water partition coefficient (Wildman–Crippen LogP) is 3.00. The Bertz CT molecular complexity index is 879. The molecule has 0 aromatic heterocycles. The van der Waals surface area contributed by atoms with Crippen molar-refractivity contribution in [3.8, 4) is 0 Å². The van der Waals surface area contributed by atoms with Gasteiger partial charge in [-0.2, -0.15) is 0 Å². The number of carboxylic acids is 1. The van der Waals surface area contributed by atoms with Crippen molar-refractivity contribution in [3.63, 3.8) is 0 Å². The SMILES string of the molecule is COC[C@]1(C(=O)O)[C@@H](c2ccccc2)[C@@H]1S(=O)(=O)c1ccc(Cl)cc1. The van der Waals surface area contributed by atoms with Crippen LogP contribution in [0.1, 0.15) is 11.5 Å². The Labute approximate surface area is 151 Å². The number of hydrogen-bond donors (Lipinski definition) is 1. The highest BCUT2D eigenvalue weighted by Gasteiger charge is 2.76. The van der Waals surface area contributed by atoms with Crippen molar-refractivity contribution < 1.29 is 23.1 Å². The lowest BCUT2D eigenvalue weighted by atomic mass is 10.0. The van der Waals surface area contributed by atoms with E-state index in [1.807, 2.05) is 0 Å². The standard InChI is InChI=1S/C18H17ClO5S/c1-24-11-18(17(20)21)15(12-5-3-2-4-6-12)16(18)25(22,23)14-9-7-13(19)8-10-14/h2-10,15-16H,11H2,1H3,(H,20,21)/t15-,16-,18-/m0/s1. The molecule has 0 heterocycles. The maximum atomic E-state index is 13.1. The van der Waals surface area contributed by atoms with E-state index in [9.17, 15) is 18.3 Å². The lowest BCUT2D eigenvalue weighted by Gasteiger charge is -2.12. The third-order valence-corrected chi connectivity index (χ3v) is 7.22. The molecule has 0 unspecified atom stereocenters. The monoisotopic (exact) mass is 380 g/mol. The highest BCUT2D eigenvalue weighted by molar-refractivity contribution is 7.92. The first-order valence-electron chi connectivity index (χ1n) is 7.62. The first kappa shape index (κ1) is 17.9. The van der Waals surface area contributed by atoms with Gasteiger partial charge in [-0.1, -0.05) is 41.9 Å². The summed E-state index contributed by atoms with van der Waals surface area (Å²) in [5, 5.41) is 9.14. The fraction of sp³-hybridized carbons (Fsp3) is 0.278. The van der Waals surface area contributed by atoms with E-state index in [2.05, 4.69) is 0 Å². The minimum absolute atomic E-state index is 0.0575. The predicted molar refractivity (Wildman–Crippen MR) is 93.6 cm³/mol. The van der Waals surface area contributed by atoms with Gasteiger partial charge in [0.15, 0.2) is 9.84 Å². The normalized spacial score (nSPS) is 25.5. The number of sulfone groups is 1. The smallest absolute Gasteiger partial charge is 0.314 e. The average molecular weight is 381 g/mol. The second kappa shape index (κ2) is 6.44. The Hall–Kier alpha value is -1.89. The van der Waals surface area contributed by atoms with Gasteiger partial charge in [0.25, 0.3) is 0 Å². The fourth-order valence-corrected chi connectivity index (χ4v) is 5.97. The van der Waals surface area contributed by atoms with Gasteiger partial charge >= 0.3 is 5.97 Å². The van der Waals surface area contributed by atoms with Gasteiger partial charge in [0.05, 0.1) is 16.8 Å². The van der Waals surface area contributed by atoms with Gasteiger partial charge in [0, 0.05) is 18.1 Å². The highest BCUT2D eigenvalue weighted by atomic mass is 35.5. The Balaban J connectivity index is 2.11. The molecule has 0 aliphatic heterocycles. The van der Waals surface area contributed by atoms with Crippen LogP contribution in [0.2, 0.25) is 5.02 Å². The summed E-state index contributed by atoms with van der Waals surface area (Å²) >= 11 is 5.83. The van der Waals surface area contributed by atoms with E-state index in [-0.39, 0.29) is 11.5 Å². The maximum Gasteiger partial charge on any atom is 0.314 e. The van der Waals surface area contributed by atoms with Crippen LogP contribution in [0.15, 0.2) is 59.5 Å². The zero-order valence-electron chi connectivity index (χ0n) is 13.4. The summed E-state index contributed by atoms with van der Waals surface area (Å²) in [4.78, 5) is 12.1. The number of carboxylic acid groups (broad SMARTS) is 1. The Morgan fingerprint density at radius 3 is 2.28 bits per heavy atom. The molecule has 3 atom stereocenters. The maximum absolute atomic E-state index is 13.1. The minimum Gasteiger partial charge on any atom is -0.481 e. The molecule has 1 fully saturated rings. The molecule has 132 valence electrons. The number of aliphatic carboxylic acids is 1. The molecule has 5 nitrogen and oxygen atoms in total. The molecule has 1 aliphatic carbocycles. The van der Waals surface area contributed by atoms with Crippen molar-refractivity contribution in [2.24, 2.45) is 5.41 Å². The van der Waals surface area contributed by atoms with Gasteiger partial charge in [0.1, 0.15) is 5.41 Å². The second-order valence-electron chi connectivity index (χ2n) is 6.09. The number of methoxy groups -OCH3 is 1. The molecule has 2 aromatic rings. The largest absolute Gasteiger partial charge is 0.481 e. The number of ether oxygens (including phenoxy) is 1. The minimum atomic E-state index is -3.87. The van der Waals surface area contributed by atoms with Crippen molar-refractivity contribution in [3.05, 3.63) is 65.2 Å². The fourth-order valence-electron chi connectivity index (χ4n) is 3.49. The van der Waals surface area contributed by atoms with Crippen LogP contribution in [0.25, 0.3) is 0 Å². The third kappa shape index (κ3) is 2.84. The molecular weight excluding hydrogens is 364 g/mol. The van der Waals surface area contributed by atoms with Gasteiger partial charge in [-0.05, 0) is 29.8 Å². The van der Waals surface area contributed by atoms with E-state index < -0.39 is 32.4 Å². The number of benzene rings is 2. The van der Waals surface area contributed by atoms with Crippen LogP contribution in [0.5, 0.6) is 0 Å². The summed E-state index contributed by atoms with van der Waals surface area (Å²) in [5.74, 6) is -1.85. The van der Waals surface area contributed by atoms with E-state index in [4.69, 9.17) is 16.3 Å². The van der Waals surface area contributed by atoms with Crippen LogP contribution < -0.4 is 0 Å². The third-order valence-electron chi connectivity index (χ3n) is 4.67. The molecule has 0 spiro atoms. The van der Waals surface area contributed by atoms with Crippen LogP contribution in [-0.4, -0.2) is 38.5 Å². The first-order valence-corrected chi connectivity index (χ1v) is 9.55. The van der Waals surface area contributed by atoms with Crippen LogP contribution in [0, 0.1) is 5.41 Å². The molecule has 3 rings (SSSR count). The van der Waals surface area contributed by atoms with E-state index in [1.54, 1.807) is 30.3 Å². The lowest BCUT2D eigenvalue weighted by Crippen LogP contribution is -2.28. The molecule has 0 radical (unpaired) electrons. The van der Waals surface area contributed by atoms with Crippen molar-refractivity contribution in [2.75, 3.05) is 13.7 Å². The molecule has 25 heavy (non-hydrogen) atoms. The van der Waals surface area contributed by atoms with Crippen molar-refractivity contribution in [1.29, 1.82) is 0 Å². The molecule has 7 heteroatoms. The van der Waals surface area contributed by atoms with Crippen LogP contribution in [-0.2, 0) is 19.4 Å². The molecule has 1 N–H and O–H groups in total. The number of halogens is 1. The van der Waals surface area contributed by atoms with Gasteiger partial charge in [0.2, 0.25) is 0 Å². The van der Waals surface area contributed by atoms with Crippen molar-refractivity contribution in [2.45, 2.75) is 16.1 Å². The van der Waals surface area contributed by atoms with Gasteiger partial charge in [-0.3, -0.25) is 4.79 Å². The summed E-state index contributed by atoms with van der Waals surface area (Å²) in [6.07, 6.45) is 0. The Morgan fingerprint density at radius 1 is 1.16 bits per heavy atom. The molecular formula is C18H17ClO5S. The van der Waals surface area contributed by atoms with Gasteiger partial charge in [-0.15, -0.1) is 0 Å². The zero-order chi connectivity index (χ0) is 18.2. The summed E-state index contributed by atoms with van der Waals surface area (Å²) in [5.41, 5.74) is -0.835. The molecule has 0 saturated heterocycles. The van der Waals surface area contributed by atoms with Crippen LogP contribution in [0.3, 0.4) is 0 Å². The van der Waals surface area contributed by atoms with Crippen molar-refractivity contribution in [1.82, 2.24) is 0 Å². The topological polar surface area (TPSA) is 80.7 Å². The summed E-state index contributed by atoms with van der Waals surface area (Å²) < 4.78 is 31.3. The molecule has 0 amide bonds. The van der Waals surface area contributed by atoms with Crippen LogP contribution in [0.4, 0.5) is 0 Å². The lowest BCUT2D eigenvalue weighted by molar-refractivity contribution is -0.145. The Kier molecular flexibility index (Phi) is 4.62. The quantitative estimate of drug-likeness (QED) is 0.833. The van der Waals surface area contributed by atoms with Gasteiger partial charge < -0.3 is 9.84 Å². The average Bonchev–Trinajstić information content (AvgIpc) is 3.27. The molecule has 1 aliphatic rings. The van der Waals surface area contributed by atoms with Gasteiger partial charge in [-0.25, -0.2) is 8.42 Å². The number of hydrogen-bond acceptors (Lipinski definition) is 4. The van der Waals surface area contributed by atoms with Crippen molar-refractivity contribution >= 4 is 27.4 Å². The second-order valence-corrected chi connectivity index (χ2v) is 8.59. The molecule has 1 saturated carbocycles. The van der Waals surface area contributed by atoms with E-state index in [0.29, 0.717) is 10.6 Å². The summed E-state index contributed by atoms with van der Waals surface area (Å²) in [7, 11) is -2.50. The van der Waals surface area contributed by atoms with E-state index in [0.717, 1.165) is 0 Å². The van der Waals surface area contributed by atoms with Crippen LogP contribution >= 0.6 is 11.6 Å². The Morgan fingerprint density at radius 2 is 1.76 bits per heavy atom.